The summed E-state index contributed by atoms with van der Waals surface area (Å²) < 4.78 is 64.5. The number of amidine groups is 1. The maximum absolute atomic E-state index is 14.6. The molecule has 2 aromatic rings. The normalized spacial score (nSPS) is 27.8. The Bertz CT molecular complexity index is 1920. The predicted octanol–water partition coefficient (Wildman–Crippen LogP) is 7.67. The monoisotopic (exact) mass is 865 g/mol. The third-order valence-electron chi connectivity index (χ3n) is 13.0. The molecule has 3 N–H and O–H groups in total. The van der Waals surface area contributed by atoms with Gasteiger partial charge in [0.15, 0.2) is 33.7 Å². The van der Waals surface area contributed by atoms with Crippen molar-refractivity contribution in [3.05, 3.63) is 72.6 Å². The van der Waals surface area contributed by atoms with Crippen molar-refractivity contribution in [2.24, 2.45) is 22.7 Å². The second-order valence-corrected chi connectivity index (χ2v) is 28.8. The number of aliphatic hydroxyl groups excluding tert-OH is 1. The van der Waals surface area contributed by atoms with Gasteiger partial charge in [-0.15, -0.1) is 6.58 Å². The van der Waals surface area contributed by atoms with Crippen molar-refractivity contribution in [1.29, 1.82) is 0 Å². The van der Waals surface area contributed by atoms with Crippen molar-refractivity contribution in [2.45, 2.75) is 114 Å². The fourth-order valence-electron chi connectivity index (χ4n) is 7.91. The smallest absolute Gasteiger partial charge is 0.444 e. The predicted molar refractivity (Wildman–Crippen MR) is 223 cm³/mol. The number of hydrogen-bond donors (Lipinski definition) is 3. The summed E-state index contributed by atoms with van der Waals surface area (Å²) in [5, 5.41) is 16.9. The van der Waals surface area contributed by atoms with Crippen LogP contribution in [0.5, 0.6) is 0 Å². The van der Waals surface area contributed by atoms with Gasteiger partial charge in [-0.2, -0.15) is 13.2 Å². The summed E-state index contributed by atoms with van der Waals surface area (Å²) in [5.41, 5.74) is -3.38. The van der Waals surface area contributed by atoms with Crippen molar-refractivity contribution in [3.8, 4) is 0 Å². The van der Waals surface area contributed by atoms with Crippen molar-refractivity contribution in [2.75, 3.05) is 19.4 Å². The van der Waals surface area contributed by atoms with E-state index in [1.165, 1.54) is 27.8 Å². The number of halogens is 3. The molecule has 1 saturated carbocycles. The van der Waals surface area contributed by atoms with Gasteiger partial charge >= 0.3 is 18.2 Å². The molecule has 1 aromatic heterocycles. The first kappa shape index (κ1) is 45.7. The second kappa shape index (κ2) is 15.9. The number of fused-ring (bicyclic) bond motifs is 4. The van der Waals surface area contributed by atoms with Crippen LogP contribution in [0, 0.1) is 17.8 Å². The molecule has 7 atom stereocenters. The van der Waals surface area contributed by atoms with Crippen molar-refractivity contribution in [3.63, 3.8) is 0 Å². The molecule has 320 valence electrons. The van der Waals surface area contributed by atoms with Gasteiger partial charge in [0.25, 0.3) is 5.91 Å². The summed E-state index contributed by atoms with van der Waals surface area (Å²) in [7, 11) is -5.43. The number of alkyl halides is 3. The Morgan fingerprint density at radius 2 is 1.66 bits per heavy atom. The summed E-state index contributed by atoms with van der Waals surface area (Å²) in [6.07, 6.45) is -4.77. The third-order valence-corrected chi connectivity index (χ3v) is 22.6. The van der Waals surface area contributed by atoms with Gasteiger partial charge in [-0.1, -0.05) is 89.7 Å². The Morgan fingerprint density at radius 3 is 2.21 bits per heavy atom. The molecule has 3 heterocycles. The molecule has 3 amide bonds. The van der Waals surface area contributed by atoms with Crippen LogP contribution >= 0.6 is 11.8 Å². The molecule has 1 aliphatic carbocycles. The molecule has 12 nitrogen and oxygen atoms in total. The van der Waals surface area contributed by atoms with Crippen LogP contribution in [0.15, 0.2) is 66.3 Å². The number of aliphatic hydroxyl groups is 1. The Labute approximate surface area is 345 Å². The molecular formula is C40H58F3N5O7SSi2. The highest BCUT2D eigenvalue weighted by molar-refractivity contribution is 8.13. The number of nitrogens with zero attached hydrogens (tertiary/aromatic N) is 3. The first-order chi connectivity index (χ1) is 26.7. The number of nitrogens with one attached hydrogen (secondary N) is 2. The van der Waals surface area contributed by atoms with Crippen LogP contribution in [0.2, 0.25) is 36.3 Å². The fraction of sp³-hybridized carbons (Fsp3) is 0.600. The number of carbonyl (C=O) groups is 3. The molecule has 1 aromatic carbocycles. The molecule has 0 bridgehead atoms. The molecule has 18 heteroatoms. The van der Waals surface area contributed by atoms with E-state index in [0.717, 1.165) is 17.3 Å². The standard InChI is InChI=1S/C40H58F3N5O7SSi2/c1-13-38(45-32(50)40(41,42)43)29-26(27(24-54-57(9,10)36(2,3)4)30(38)55-58(11,12)37(5,6)7)22-48-31(49)28-20-17-21-47(28)33(51)39(29,48)46-34(56-8)44-35(52)53-23-25-18-15-14-16-19-25/h13-21,26-27,29-30,33,51H,1,22-24H2,2-12H3,(H,45,50)(H,44,46,52)/t26-,27-,29+,30+,33-,38+,39-/m1/s1. The second-order valence-electron chi connectivity index (χ2n) is 18.4. The maximum atomic E-state index is 14.6. The topological polar surface area (TPSA) is 144 Å². The van der Waals surface area contributed by atoms with Crippen LogP contribution in [0.25, 0.3) is 0 Å². The lowest BCUT2D eigenvalue weighted by molar-refractivity contribution is -0.178. The average molecular weight is 866 g/mol. The number of ether oxygens (including phenoxy) is 1. The minimum atomic E-state index is -5.33. The lowest BCUT2D eigenvalue weighted by Crippen LogP contribution is -2.70. The minimum absolute atomic E-state index is 0.0120. The first-order valence-electron chi connectivity index (χ1n) is 19.3. The number of aliphatic imine (C=N–C) groups is 1. The van der Waals surface area contributed by atoms with Gasteiger partial charge in [0.05, 0.1) is 11.6 Å². The molecule has 0 unspecified atom stereocenters. The van der Waals surface area contributed by atoms with Gasteiger partial charge in [-0.3, -0.25) is 14.9 Å². The molecule has 0 radical (unpaired) electrons. The Morgan fingerprint density at radius 1 is 1.03 bits per heavy atom. The first-order valence-corrected chi connectivity index (χ1v) is 26.4. The molecule has 3 aliphatic rings. The van der Waals surface area contributed by atoms with E-state index in [-0.39, 0.29) is 35.7 Å². The van der Waals surface area contributed by atoms with Gasteiger partial charge in [-0.05, 0) is 66.1 Å². The number of benzene rings is 1. The third kappa shape index (κ3) is 8.08. The van der Waals surface area contributed by atoms with Gasteiger partial charge in [0.2, 0.25) is 0 Å². The van der Waals surface area contributed by atoms with E-state index in [9.17, 15) is 32.7 Å². The highest BCUT2D eigenvalue weighted by Gasteiger charge is 2.77. The summed E-state index contributed by atoms with van der Waals surface area (Å²) >= 11 is 0.978. The molecule has 5 rings (SSSR count). The number of thioether (sulfide) groups is 1. The van der Waals surface area contributed by atoms with Crippen LogP contribution in [0.1, 0.15) is 63.8 Å². The van der Waals surface area contributed by atoms with E-state index in [2.05, 4.69) is 51.1 Å². The van der Waals surface area contributed by atoms with E-state index in [1.54, 1.807) is 36.6 Å². The zero-order valence-electron chi connectivity index (χ0n) is 35.2. The molecule has 2 aliphatic heterocycles. The highest BCUT2D eigenvalue weighted by atomic mass is 32.2. The number of hydrogen-bond acceptors (Lipinski definition) is 9. The van der Waals surface area contributed by atoms with E-state index in [0.29, 0.717) is 0 Å². The van der Waals surface area contributed by atoms with Gasteiger partial charge < -0.3 is 33.5 Å². The zero-order chi connectivity index (χ0) is 43.4. The van der Waals surface area contributed by atoms with Crippen LogP contribution in [-0.2, 0) is 25.0 Å². The molecule has 58 heavy (non-hydrogen) atoms. The number of amides is 3. The molecule has 2 fully saturated rings. The van der Waals surface area contributed by atoms with E-state index >= 15 is 0 Å². The zero-order valence-corrected chi connectivity index (χ0v) is 38.0. The average Bonchev–Trinajstić information content (AvgIpc) is 3.81. The summed E-state index contributed by atoms with van der Waals surface area (Å²) in [6, 6.07) is 12.1. The number of alkyl carbamates (subject to hydrolysis) is 1. The Hall–Kier alpha value is -3.43. The Kier molecular flexibility index (Phi) is 12.5. The van der Waals surface area contributed by atoms with Gasteiger partial charge in [0.1, 0.15) is 12.3 Å². The molecule has 0 spiro atoms. The van der Waals surface area contributed by atoms with Crippen LogP contribution < -0.4 is 10.6 Å². The lowest BCUT2D eigenvalue weighted by Gasteiger charge is -2.53. The Balaban J connectivity index is 1.77. The summed E-state index contributed by atoms with van der Waals surface area (Å²) in [5.74, 6) is -5.61. The van der Waals surface area contributed by atoms with E-state index in [4.69, 9.17) is 18.6 Å². The molecular weight excluding hydrogens is 808 g/mol. The van der Waals surface area contributed by atoms with Gasteiger partial charge in [-0.25, -0.2) is 9.79 Å². The minimum Gasteiger partial charge on any atom is -0.444 e. The van der Waals surface area contributed by atoms with Crippen molar-refractivity contribution >= 4 is 51.5 Å². The van der Waals surface area contributed by atoms with Crippen molar-refractivity contribution < 1.29 is 46.3 Å². The quantitative estimate of drug-likeness (QED) is 0.0957. The lowest BCUT2D eigenvalue weighted by atomic mass is 9.74. The highest BCUT2D eigenvalue weighted by Crippen LogP contribution is 2.63. The fourth-order valence-corrected chi connectivity index (χ4v) is 10.7. The SMILES string of the molecule is C=C[C@@]1(NC(=O)C(F)(F)F)[C@@H](O[Si](C)(C)C(C)(C)C)[C@H](CO[Si](C)(C)C(C)(C)C)[C@H]2CN3C(=O)c4cccn4[C@H](O)[C@@]3(/N=C(/NC(=O)OCc3ccccc3)SC)[C@@H]21. The van der Waals surface area contributed by atoms with E-state index in [1.807, 2.05) is 39.9 Å². The van der Waals surface area contributed by atoms with Gasteiger partial charge in [0, 0.05) is 31.2 Å². The largest absolute Gasteiger partial charge is 0.471 e. The van der Waals surface area contributed by atoms with Crippen molar-refractivity contribution in [1.82, 2.24) is 20.1 Å². The summed E-state index contributed by atoms with van der Waals surface area (Å²) in [6.45, 7) is 24.2. The maximum Gasteiger partial charge on any atom is 0.471 e. The number of aromatic nitrogens is 1. The summed E-state index contributed by atoms with van der Waals surface area (Å²) in [4.78, 5) is 47.7. The van der Waals surface area contributed by atoms with Crippen LogP contribution in [0.3, 0.4) is 0 Å². The number of rotatable bonds is 10. The number of carbonyl (C=O) groups excluding carboxylic acids is 3. The van der Waals surface area contributed by atoms with Crippen LogP contribution in [-0.4, -0.2) is 97.2 Å². The molecule has 1 saturated heterocycles. The van der Waals surface area contributed by atoms with E-state index < -0.39 is 87.0 Å². The van der Waals surface area contributed by atoms with Crippen LogP contribution in [0.4, 0.5) is 18.0 Å².